The Balaban J connectivity index is 1.24. The number of alkyl halides is 3. The van der Waals surface area contributed by atoms with Gasteiger partial charge in [-0.25, -0.2) is 9.18 Å². The van der Waals surface area contributed by atoms with Gasteiger partial charge in [0.15, 0.2) is 11.6 Å². The van der Waals surface area contributed by atoms with Gasteiger partial charge in [0.2, 0.25) is 5.91 Å². The number of nitrogens with one attached hydrogen (secondary N) is 1. The summed E-state index contributed by atoms with van der Waals surface area (Å²) in [5, 5.41) is 2.74. The van der Waals surface area contributed by atoms with E-state index in [2.05, 4.69) is 21.2 Å². The fourth-order valence-corrected chi connectivity index (χ4v) is 4.50. The Hall–Kier alpha value is -2.04. The van der Waals surface area contributed by atoms with Crippen molar-refractivity contribution in [1.82, 2.24) is 10.2 Å². The average Bonchev–Trinajstić information content (AvgIpc) is 2.95. The number of benzene rings is 1. The van der Waals surface area contributed by atoms with Gasteiger partial charge in [-0.2, -0.15) is 13.2 Å². The second-order valence-corrected chi connectivity index (χ2v) is 8.62. The molecule has 1 saturated carbocycles. The molecule has 2 saturated heterocycles. The smallest absolute Gasteiger partial charge is 0.417 e. The molecule has 1 N–H and O–H groups in total. The van der Waals surface area contributed by atoms with Gasteiger partial charge in [0, 0.05) is 29.4 Å². The molecular weight excluding hydrogens is 464 g/mol. The molecule has 3 aliphatic rings. The van der Waals surface area contributed by atoms with Gasteiger partial charge in [-0.15, -0.1) is 0 Å². The van der Waals surface area contributed by atoms with Crippen molar-refractivity contribution < 1.29 is 36.6 Å². The van der Waals surface area contributed by atoms with Crippen LogP contribution in [0.1, 0.15) is 18.4 Å². The first-order chi connectivity index (χ1) is 13.6. The number of carbonyl (C=O) groups excluding carboxylic acids is 2. The fraction of sp³-hybridized carbons (Fsp3) is 0.556. The lowest BCUT2D eigenvalue weighted by molar-refractivity contribution is -0.148. The third-order valence-electron chi connectivity index (χ3n) is 5.54. The van der Waals surface area contributed by atoms with Gasteiger partial charge in [0.25, 0.3) is 0 Å². The van der Waals surface area contributed by atoms with Crippen molar-refractivity contribution >= 4 is 27.9 Å². The molecule has 158 valence electrons. The quantitative estimate of drug-likeness (QED) is 0.671. The highest BCUT2D eigenvalue weighted by molar-refractivity contribution is 9.10. The Bertz CT molecular complexity index is 851. The zero-order valence-electron chi connectivity index (χ0n) is 15.0. The molecule has 4 rings (SSSR count). The number of hydrogen-bond acceptors (Lipinski definition) is 4. The molecule has 11 heteroatoms. The van der Waals surface area contributed by atoms with Crippen LogP contribution in [0.25, 0.3) is 0 Å². The summed E-state index contributed by atoms with van der Waals surface area (Å²) in [5.74, 6) is -1.55. The maximum atomic E-state index is 13.9. The molecule has 6 nitrogen and oxygen atoms in total. The van der Waals surface area contributed by atoms with E-state index in [0.29, 0.717) is 32.0 Å². The number of ether oxygens (including phenoxy) is 2. The number of alkyl carbamates (subject to hydrolysis) is 1. The molecule has 3 fully saturated rings. The Labute approximate surface area is 171 Å². The first kappa shape index (κ1) is 20.2. The Kier molecular flexibility index (Phi) is 4.91. The number of nitrogens with zero attached hydrogens (tertiary/aromatic N) is 1. The van der Waals surface area contributed by atoms with Gasteiger partial charge in [-0.1, -0.05) is 15.9 Å². The van der Waals surface area contributed by atoms with Crippen LogP contribution in [0.15, 0.2) is 16.6 Å². The summed E-state index contributed by atoms with van der Waals surface area (Å²) in [6.07, 6.45) is -4.04. The van der Waals surface area contributed by atoms with Crippen LogP contribution in [0.3, 0.4) is 0 Å². The number of hydrogen-bond donors (Lipinski definition) is 1. The summed E-state index contributed by atoms with van der Waals surface area (Å²) in [6.45, 7) is 1.25. The number of halogens is 5. The SMILES string of the molecule is O=C1NC2(CO1)CC(C(=O)N1CC(COc3cc(Br)c(C(F)(F)F)cc3F)C1)C2. The van der Waals surface area contributed by atoms with Crippen LogP contribution in [0.5, 0.6) is 5.75 Å². The maximum Gasteiger partial charge on any atom is 0.417 e. The summed E-state index contributed by atoms with van der Waals surface area (Å²) in [7, 11) is 0. The summed E-state index contributed by atoms with van der Waals surface area (Å²) in [4.78, 5) is 25.3. The topological polar surface area (TPSA) is 67.9 Å². The third-order valence-corrected chi connectivity index (χ3v) is 6.20. The van der Waals surface area contributed by atoms with E-state index in [0.717, 1.165) is 6.07 Å². The molecule has 0 unspecified atom stereocenters. The maximum absolute atomic E-state index is 13.9. The van der Waals surface area contributed by atoms with Crippen LogP contribution >= 0.6 is 15.9 Å². The van der Waals surface area contributed by atoms with Crippen LogP contribution in [0, 0.1) is 17.7 Å². The van der Waals surface area contributed by atoms with Crippen LogP contribution in [-0.4, -0.2) is 48.7 Å². The number of amides is 2. The zero-order valence-corrected chi connectivity index (χ0v) is 16.6. The minimum atomic E-state index is -4.67. The third kappa shape index (κ3) is 3.88. The number of carbonyl (C=O) groups is 2. The van der Waals surface area contributed by atoms with Crippen molar-refractivity contribution in [3.8, 4) is 5.75 Å². The molecule has 2 aliphatic heterocycles. The summed E-state index contributed by atoms with van der Waals surface area (Å²) in [5.41, 5.74) is -1.52. The lowest BCUT2D eigenvalue weighted by Gasteiger charge is -2.47. The minimum absolute atomic E-state index is 0.00326. The molecule has 0 atom stereocenters. The molecule has 2 amide bonds. The summed E-state index contributed by atoms with van der Waals surface area (Å²) in [6, 6.07) is 1.36. The predicted octanol–water partition coefficient (Wildman–Crippen LogP) is 3.33. The standard InChI is InChI=1S/C18H17BrF4N2O4/c19-12-2-14(13(20)1-11(12)18(21,22)23)28-7-9-5-25(6-9)15(26)10-3-17(4-10)8-29-16(27)24-17/h1-2,9-10H,3-8H2,(H,24,27). The molecule has 1 spiro atoms. The normalized spacial score (nSPS) is 26.6. The zero-order chi connectivity index (χ0) is 21.0. The molecule has 29 heavy (non-hydrogen) atoms. The largest absolute Gasteiger partial charge is 0.490 e. The van der Waals surface area contributed by atoms with E-state index in [9.17, 15) is 27.2 Å². The Morgan fingerprint density at radius 3 is 2.62 bits per heavy atom. The predicted molar refractivity (Wildman–Crippen MR) is 94.6 cm³/mol. The first-order valence-electron chi connectivity index (χ1n) is 8.99. The van der Waals surface area contributed by atoms with E-state index in [4.69, 9.17) is 9.47 Å². The van der Waals surface area contributed by atoms with E-state index in [-0.39, 0.29) is 41.2 Å². The summed E-state index contributed by atoms with van der Waals surface area (Å²) < 4.78 is 62.1. The average molecular weight is 481 g/mol. The highest BCUT2D eigenvalue weighted by Gasteiger charge is 2.54. The van der Waals surface area contributed by atoms with Crippen molar-refractivity contribution in [2.75, 3.05) is 26.3 Å². The first-order valence-corrected chi connectivity index (χ1v) is 9.78. The van der Waals surface area contributed by atoms with Crippen LogP contribution in [0.2, 0.25) is 0 Å². The van der Waals surface area contributed by atoms with E-state index in [1.807, 2.05) is 0 Å². The van der Waals surface area contributed by atoms with Crippen molar-refractivity contribution in [1.29, 1.82) is 0 Å². The van der Waals surface area contributed by atoms with Gasteiger partial charge < -0.3 is 19.7 Å². The van der Waals surface area contributed by atoms with E-state index in [1.54, 1.807) is 4.90 Å². The van der Waals surface area contributed by atoms with Gasteiger partial charge in [0.1, 0.15) is 6.61 Å². The monoisotopic (exact) mass is 480 g/mol. The summed E-state index contributed by atoms with van der Waals surface area (Å²) >= 11 is 2.79. The van der Waals surface area contributed by atoms with Crippen molar-refractivity contribution in [3.05, 3.63) is 28.0 Å². The minimum Gasteiger partial charge on any atom is -0.490 e. The van der Waals surface area contributed by atoms with E-state index < -0.39 is 29.2 Å². The van der Waals surface area contributed by atoms with E-state index >= 15 is 0 Å². The van der Waals surface area contributed by atoms with Crippen LogP contribution < -0.4 is 10.1 Å². The van der Waals surface area contributed by atoms with Crippen LogP contribution in [-0.2, 0) is 15.7 Å². The molecule has 1 aromatic carbocycles. The number of rotatable bonds is 4. The van der Waals surface area contributed by atoms with Gasteiger partial charge in [-0.05, 0) is 25.0 Å². The lowest BCUT2D eigenvalue weighted by atomic mass is 9.68. The molecular formula is C18H17BrF4N2O4. The molecule has 2 heterocycles. The van der Waals surface area contributed by atoms with Gasteiger partial charge in [0.05, 0.1) is 17.7 Å². The number of cyclic esters (lactones) is 1. The number of likely N-dealkylation sites (tertiary alicyclic amines) is 1. The van der Waals surface area contributed by atoms with E-state index in [1.165, 1.54) is 0 Å². The molecule has 1 aliphatic carbocycles. The van der Waals surface area contributed by atoms with Gasteiger partial charge >= 0.3 is 12.3 Å². The highest BCUT2D eigenvalue weighted by atomic mass is 79.9. The van der Waals surface area contributed by atoms with Crippen molar-refractivity contribution in [2.24, 2.45) is 11.8 Å². The van der Waals surface area contributed by atoms with Gasteiger partial charge in [-0.3, -0.25) is 4.79 Å². The fourth-order valence-electron chi connectivity index (χ4n) is 3.95. The Morgan fingerprint density at radius 1 is 1.34 bits per heavy atom. The lowest BCUT2D eigenvalue weighted by Crippen LogP contribution is -2.61. The molecule has 0 aromatic heterocycles. The second-order valence-electron chi connectivity index (χ2n) is 7.77. The molecule has 1 aromatic rings. The highest BCUT2D eigenvalue weighted by Crippen LogP contribution is 2.42. The Morgan fingerprint density at radius 2 is 2.03 bits per heavy atom. The van der Waals surface area contributed by atoms with Crippen molar-refractivity contribution in [3.63, 3.8) is 0 Å². The second kappa shape index (κ2) is 7.03. The van der Waals surface area contributed by atoms with Crippen LogP contribution in [0.4, 0.5) is 22.4 Å². The van der Waals surface area contributed by atoms with Crippen molar-refractivity contribution in [2.45, 2.75) is 24.6 Å². The molecule has 0 radical (unpaired) electrons. The molecule has 0 bridgehead atoms.